The molecule has 0 aliphatic carbocycles. The van der Waals surface area contributed by atoms with Crippen molar-refractivity contribution in [1.82, 2.24) is 9.21 Å². The zero-order valence-electron chi connectivity index (χ0n) is 20.7. The van der Waals surface area contributed by atoms with Gasteiger partial charge in [-0.15, -0.1) is 0 Å². The predicted molar refractivity (Wildman–Crippen MR) is 141 cm³/mol. The number of fused-ring (bicyclic) bond motifs is 3. The largest absolute Gasteiger partial charge is 0.394 e. The van der Waals surface area contributed by atoms with Gasteiger partial charge >= 0.3 is 0 Å². The fourth-order valence-corrected chi connectivity index (χ4v) is 6.68. The fraction of sp³-hybridized carbons (Fsp3) is 0.370. The molecular formula is C27H32N2O5S2. The first-order chi connectivity index (χ1) is 17.2. The molecule has 9 heteroatoms. The molecule has 0 saturated carbocycles. The number of sulfonamides is 1. The van der Waals surface area contributed by atoms with Crippen LogP contribution < -0.4 is 0 Å². The standard InChI is InChI=1S/C27H32N2O5S2/c1-19-14-29(20(2)16-30)27(31)25-11-7-6-10-24(25)23-9-5-4-8-21(23)17-34-26(19)15-28(3)36(32,33)22-12-13-35-18-22/h4-13,18-20,26,30H,14-17H2,1-3H3/t19-,20+,26+/m1/s1. The first kappa shape index (κ1) is 26.5. The maximum Gasteiger partial charge on any atom is 0.254 e. The van der Waals surface area contributed by atoms with Crippen LogP contribution in [0.1, 0.15) is 29.8 Å². The lowest BCUT2D eigenvalue weighted by Gasteiger charge is -2.34. The van der Waals surface area contributed by atoms with Crippen LogP contribution in [0.25, 0.3) is 11.1 Å². The third-order valence-corrected chi connectivity index (χ3v) is 9.39. The Labute approximate surface area is 217 Å². The lowest BCUT2D eigenvalue weighted by atomic mass is 9.94. The average Bonchev–Trinajstić information content (AvgIpc) is 3.44. The topological polar surface area (TPSA) is 87.2 Å². The predicted octanol–water partition coefficient (Wildman–Crippen LogP) is 4.09. The highest BCUT2D eigenvalue weighted by Gasteiger charge is 2.32. The molecule has 0 spiro atoms. The van der Waals surface area contributed by atoms with Crippen molar-refractivity contribution >= 4 is 27.3 Å². The van der Waals surface area contributed by atoms with Crippen molar-refractivity contribution in [2.24, 2.45) is 5.92 Å². The van der Waals surface area contributed by atoms with E-state index in [1.807, 2.05) is 62.4 Å². The van der Waals surface area contributed by atoms with Gasteiger partial charge in [0.1, 0.15) is 0 Å². The minimum absolute atomic E-state index is 0.129. The number of aliphatic hydroxyl groups is 1. The maximum atomic E-state index is 13.8. The molecule has 1 aliphatic rings. The van der Waals surface area contributed by atoms with E-state index in [4.69, 9.17) is 4.74 Å². The van der Waals surface area contributed by atoms with E-state index in [1.165, 1.54) is 15.6 Å². The number of ether oxygens (including phenoxy) is 1. The molecule has 0 radical (unpaired) electrons. The summed E-state index contributed by atoms with van der Waals surface area (Å²) in [6.45, 7) is 4.29. The monoisotopic (exact) mass is 528 g/mol. The van der Waals surface area contributed by atoms with Gasteiger partial charge in [-0.3, -0.25) is 4.79 Å². The molecule has 3 aromatic rings. The van der Waals surface area contributed by atoms with Crippen molar-refractivity contribution in [3.05, 3.63) is 76.5 Å². The highest BCUT2D eigenvalue weighted by molar-refractivity contribution is 7.89. The number of hydrogen-bond acceptors (Lipinski definition) is 6. The van der Waals surface area contributed by atoms with Crippen molar-refractivity contribution in [1.29, 1.82) is 0 Å². The summed E-state index contributed by atoms with van der Waals surface area (Å²) in [4.78, 5) is 15.8. The third-order valence-electron chi connectivity index (χ3n) is 6.73. The molecule has 3 atom stereocenters. The molecular weight excluding hydrogens is 496 g/mol. The van der Waals surface area contributed by atoms with Gasteiger partial charge in [0.15, 0.2) is 0 Å². The number of nitrogens with zero attached hydrogens (tertiary/aromatic N) is 2. The van der Waals surface area contributed by atoms with Gasteiger partial charge in [0, 0.05) is 37.0 Å². The Morgan fingerprint density at radius 2 is 1.78 bits per heavy atom. The van der Waals surface area contributed by atoms with E-state index >= 15 is 0 Å². The van der Waals surface area contributed by atoms with Crippen LogP contribution in [0.4, 0.5) is 0 Å². The summed E-state index contributed by atoms with van der Waals surface area (Å²) in [6, 6.07) is 16.4. The summed E-state index contributed by atoms with van der Waals surface area (Å²) in [7, 11) is -2.12. The summed E-state index contributed by atoms with van der Waals surface area (Å²) in [6.07, 6.45) is -0.487. The lowest BCUT2D eigenvalue weighted by molar-refractivity contribution is -0.0146. The molecule has 1 N–H and O–H groups in total. The van der Waals surface area contributed by atoms with E-state index < -0.39 is 22.2 Å². The average molecular weight is 529 g/mol. The number of likely N-dealkylation sites (N-methyl/N-ethyl adjacent to an activating group) is 1. The number of aliphatic hydroxyl groups excluding tert-OH is 1. The van der Waals surface area contributed by atoms with Crippen molar-refractivity contribution in [3.63, 3.8) is 0 Å². The zero-order valence-corrected chi connectivity index (χ0v) is 22.3. The molecule has 4 rings (SSSR count). The van der Waals surface area contributed by atoms with Crippen molar-refractivity contribution in [2.45, 2.75) is 37.5 Å². The molecule has 2 heterocycles. The highest BCUT2D eigenvalue weighted by Crippen LogP contribution is 2.31. The van der Waals surface area contributed by atoms with Crippen LogP contribution in [-0.2, 0) is 21.4 Å². The quantitative estimate of drug-likeness (QED) is 0.521. The molecule has 0 saturated heterocycles. The lowest BCUT2D eigenvalue weighted by Crippen LogP contribution is -2.47. The minimum atomic E-state index is -3.67. The second-order valence-electron chi connectivity index (χ2n) is 9.26. The fourth-order valence-electron chi connectivity index (χ4n) is 4.48. The number of thiophene rings is 1. The van der Waals surface area contributed by atoms with E-state index in [0.717, 1.165) is 16.7 Å². The van der Waals surface area contributed by atoms with E-state index in [0.29, 0.717) is 12.1 Å². The summed E-state index contributed by atoms with van der Waals surface area (Å²) >= 11 is 1.33. The highest BCUT2D eigenvalue weighted by atomic mass is 32.2. The molecule has 0 bridgehead atoms. The van der Waals surface area contributed by atoms with Gasteiger partial charge in [0.05, 0.1) is 30.3 Å². The van der Waals surface area contributed by atoms with Gasteiger partial charge < -0.3 is 14.7 Å². The Morgan fingerprint density at radius 3 is 2.44 bits per heavy atom. The Morgan fingerprint density at radius 1 is 1.11 bits per heavy atom. The summed E-state index contributed by atoms with van der Waals surface area (Å²) in [5.74, 6) is -0.380. The smallest absolute Gasteiger partial charge is 0.254 e. The van der Waals surface area contributed by atoms with E-state index in [2.05, 4.69) is 0 Å². The van der Waals surface area contributed by atoms with E-state index in [1.54, 1.807) is 28.8 Å². The molecule has 1 aromatic heterocycles. The van der Waals surface area contributed by atoms with Crippen molar-refractivity contribution in [2.75, 3.05) is 26.7 Å². The van der Waals surface area contributed by atoms with Gasteiger partial charge in [0.25, 0.3) is 5.91 Å². The Bertz CT molecular complexity index is 1290. The van der Waals surface area contributed by atoms with Crippen molar-refractivity contribution in [3.8, 4) is 11.1 Å². The zero-order chi connectivity index (χ0) is 25.9. The Balaban J connectivity index is 1.74. The SMILES string of the molecule is C[C@@H]1CN([C@@H](C)CO)C(=O)c2ccccc2-c2ccccc2CO[C@H]1CN(C)S(=O)(=O)c1ccsc1. The first-order valence-corrected chi connectivity index (χ1v) is 14.3. The molecule has 0 fully saturated rings. The number of benzene rings is 2. The van der Waals surface area contributed by atoms with Gasteiger partial charge in [-0.05, 0) is 41.1 Å². The number of rotatable bonds is 6. The Kier molecular flexibility index (Phi) is 8.27. The first-order valence-electron chi connectivity index (χ1n) is 11.9. The number of amides is 1. The Hall–Kier alpha value is -2.56. The molecule has 192 valence electrons. The van der Waals surface area contributed by atoms with Gasteiger partial charge in [-0.25, -0.2) is 8.42 Å². The number of carbonyl (C=O) groups is 1. The van der Waals surface area contributed by atoms with Gasteiger partial charge in [-0.1, -0.05) is 49.4 Å². The molecule has 36 heavy (non-hydrogen) atoms. The summed E-state index contributed by atoms with van der Waals surface area (Å²) < 4.78 is 33.9. The number of carbonyl (C=O) groups excluding carboxylic acids is 1. The van der Waals surface area contributed by atoms with Crippen LogP contribution in [0.5, 0.6) is 0 Å². The van der Waals surface area contributed by atoms with Gasteiger partial charge in [0.2, 0.25) is 10.0 Å². The minimum Gasteiger partial charge on any atom is -0.394 e. The molecule has 1 aliphatic heterocycles. The van der Waals surface area contributed by atoms with Crippen LogP contribution in [-0.4, -0.2) is 67.5 Å². The molecule has 1 amide bonds. The van der Waals surface area contributed by atoms with Crippen LogP contribution in [0.15, 0.2) is 70.3 Å². The molecule has 0 unspecified atom stereocenters. The van der Waals surface area contributed by atoms with E-state index in [-0.39, 0.29) is 36.5 Å². The van der Waals surface area contributed by atoms with Crippen LogP contribution >= 0.6 is 11.3 Å². The summed E-state index contributed by atoms with van der Waals surface area (Å²) in [5.41, 5.74) is 3.18. The third kappa shape index (κ3) is 5.40. The van der Waals surface area contributed by atoms with Crippen LogP contribution in [0.2, 0.25) is 0 Å². The van der Waals surface area contributed by atoms with E-state index in [9.17, 15) is 18.3 Å². The normalized spacial score (nSPS) is 19.9. The second-order valence-corrected chi connectivity index (χ2v) is 12.1. The number of hydrogen-bond donors (Lipinski definition) is 1. The molecule has 7 nitrogen and oxygen atoms in total. The van der Waals surface area contributed by atoms with Crippen LogP contribution in [0.3, 0.4) is 0 Å². The summed E-state index contributed by atoms with van der Waals surface area (Å²) in [5, 5.41) is 13.3. The second kappa shape index (κ2) is 11.2. The van der Waals surface area contributed by atoms with Crippen molar-refractivity contribution < 1.29 is 23.1 Å². The molecule has 2 aromatic carbocycles. The maximum absolute atomic E-state index is 13.8. The van der Waals surface area contributed by atoms with Crippen LogP contribution in [0, 0.1) is 5.92 Å². The van der Waals surface area contributed by atoms with Gasteiger partial charge in [-0.2, -0.15) is 15.6 Å².